The molecule has 0 aliphatic heterocycles. The van der Waals surface area contributed by atoms with E-state index < -0.39 is 6.85 Å². The van der Waals surface area contributed by atoms with Gasteiger partial charge in [0.1, 0.15) is 11.6 Å². The van der Waals surface area contributed by atoms with Crippen LogP contribution in [0, 0.1) is 26.8 Å². The summed E-state index contributed by atoms with van der Waals surface area (Å²) < 4.78 is 29.1. The Bertz CT molecular complexity index is 3190. The van der Waals surface area contributed by atoms with Crippen molar-refractivity contribution < 1.29 is 30.3 Å². The molecule has 8 rings (SSSR count). The molecule has 1 N–H and O–H groups in total. The van der Waals surface area contributed by atoms with Crippen LogP contribution < -0.4 is 0 Å². The second kappa shape index (κ2) is 17.6. The predicted molar refractivity (Wildman–Crippen MR) is 276 cm³/mol. The smallest absolute Gasteiger partial charge is 0.148 e. The summed E-state index contributed by atoms with van der Waals surface area (Å²) in [6.45, 7) is 27.9. The number of phenols is 1. The van der Waals surface area contributed by atoms with E-state index in [0.29, 0.717) is 33.7 Å². The Labute approximate surface area is 413 Å². The van der Waals surface area contributed by atoms with Crippen LogP contribution in [-0.4, -0.2) is 19.6 Å². The molecule has 0 aliphatic carbocycles. The second-order valence-electron chi connectivity index (χ2n) is 22.2. The molecule has 66 heavy (non-hydrogen) atoms. The van der Waals surface area contributed by atoms with E-state index in [1.807, 2.05) is 73.1 Å². The standard InChI is InChI=1S/C61H66N3O.Pt/c1-37-27-39(3)56(65)51(28-37)57-63-55-50(44-30-45(34-47(33-44)59(7,8)9)52-35-42(25-26-62-52)40-19-22-46(23-20-40)58(4,5)6)17-16-18-54(55)64(57)53-24-21-41(29-38(53)2)43-31-48(60(10,11)12)36-49(32-43)61(13,14)15;/h16-29,31-36,65H,1-15H3;/q-1;/i2D3;. The summed E-state index contributed by atoms with van der Waals surface area (Å²) in [6, 6.07) is 43.4. The number of rotatable bonds is 6. The van der Waals surface area contributed by atoms with Gasteiger partial charge in [-0.25, -0.2) is 4.98 Å². The molecule has 0 aliphatic rings. The van der Waals surface area contributed by atoms with Crippen molar-refractivity contribution in [3.8, 4) is 67.5 Å². The number of pyridine rings is 1. The van der Waals surface area contributed by atoms with Gasteiger partial charge in [-0.15, -0.1) is 29.3 Å². The average Bonchev–Trinajstić information content (AvgIpc) is 3.65. The number of aromatic nitrogens is 3. The Morgan fingerprint density at radius 3 is 1.76 bits per heavy atom. The van der Waals surface area contributed by atoms with Gasteiger partial charge in [-0.3, -0.25) is 9.55 Å². The summed E-state index contributed by atoms with van der Waals surface area (Å²) in [5, 5.41) is 11.8. The van der Waals surface area contributed by atoms with Crippen molar-refractivity contribution in [1.29, 1.82) is 0 Å². The zero-order valence-electron chi connectivity index (χ0n) is 44.2. The van der Waals surface area contributed by atoms with Crippen LogP contribution in [0.25, 0.3) is 72.7 Å². The molecular formula is C61H66N3OPt-. The summed E-state index contributed by atoms with van der Waals surface area (Å²) in [5.74, 6) is 0.538. The van der Waals surface area contributed by atoms with Crippen LogP contribution >= 0.6 is 0 Å². The fourth-order valence-electron chi connectivity index (χ4n) is 8.65. The van der Waals surface area contributed by atoms with Crippen LogP contribution in [0.15, 0.2) is 121 Å². The molecule has 0 amide bonds. The minimum atomic E-state index is -2.50. The summed E-state index contributed by atoms with van der Waals surface area (Å²) >= 11 is 0. The third-order valence-corrected chi connectivity index (χ3v) is 12.8. The van der Waals surface area contributed by atoms with Gasteiger partial charge in [0.15, 0.2) is 0 Å². The van der Waals surface area contributed by atoms with E-state index in [1.54, 1.807) is 0 Å². The molecule has 2 aromatic heterocycles. The van der Waals surface area contributed by atoms with Crippen molar-refractivity contribution in [1.82, 2.24) is 14.5 Å². The van der Waals surface area contributed by atoms with Crippen LogP contribution in [0.1, 0.15) is 126 Å². The van der Waals surface area contributed by atoms with Crippen molar-refractivity contribution in [2.24, 2.45) is 0 Å². The molecule has 0 unspecified atom stereocenters. The number of benzene rings is 6. The van der Waals surface area contributed by atoms with Gasteiger partial charge in [0.25, 0.3) is 0 Å². The minimum Gasteiger partial charge on any atom is -0.507 e. The molecule has 0 bridgehead atoms. The number of hydrogen-bond acceptors (Lipinski definition) is 3. The minimum absolute atomic E-state index is 0. The summed E-state index contributed by atoms with van der Waals surface area (Å²) in [5.41, 5.74) is 15.8. The number of hydrogen-bond donors (Lipinski definition) is 1. The molecular weight excluding hydrogens is 986 g/mol. The number of aromatic hydroxyl groups is 1. The zero-order chi connectivity index (χ0) is 49.5. The van der Waals surface area contributed by atoms with Crippen molar-refractivity contribution in [2.45, 2.75) is 125 Å². The topological polar surface area (TPSA) is 50.9 Å². The number of imidazole rings is 1. The molecule has 0 fully saturated rings. The van der Waals surface area contributed by atoms with E-state index in [9.17, 15) is 5.11 Å². The van der Waals surface area contributed by atoms with Gasteiger partial charge >= 0.3 is 0 Å². The van der Waals surface area contributed by atoms with Crippen molar-refractivity contribution in [3.05, 3.63) is 166 Å². The first-order valence-corrected chi connectivity index (χ1v) is 22.9. The molecule has 0 saturated heterocycles. The first-order chi connectivity index (χ1) is 31.6. The number of para-hydroxylation sites is 1. The molecule has 2 heterocycles. The first-order valence-electron chi connectivity index (χ1n) is 24.4. The van der Waals surface area contributed by atoms with E-state index in [2.05, 4.69) is 156 Å². The molecule has 0 radical (unpaired) electrons. The van der Waals surface area contributed by atoms with Gasteiger partial charge in [0.2, 0.25) is 0 Å². The Balaban J connectivity index is 0.00000703. The summed E-state index contributed by atoms with van der Waals surface area (Å²) in [4.78, 5) is 10.3. The van der Waals surface area contributed by atoms with Gasteiger partial charge in [0, 0.05) is 37.1 Å². The molecule has 0 atom stereocenters. The quantitative estimate of drug-likeness (QED) is 0.169. The van der Waals surface area contributed by atoms with Crippen molar-refractivity contribution in [2.75, 3.05) is 0 Å². The number of fused-ring (bicyclic) bond motifs is 1. The van der Waals surface area contributed by atoms with Gasteiger partial charge in [-0.2, -0.15) is 0 Å². The van der Waals surface area contributed by atoms with Crippen LogP contribution in [0.5, 0.6) is 5.75 Å². The summed E-state index contributed by atoms with van der Waals surface area (Å²) in [6.07, 6.45) is 1.86. The predicted octanol–water partition coefficient (Wildman–Crippen LogP) is 16.4. The van der Waals surface area contributed by atoms with E-state index in [1.165, 1.54) is 16.7 Å². The van der Waals surface area contributed by atoms with Crippen LogP contribution in [0.2, 0.25) is 0 Å². The first kappa shape index (κ1) is 44.3. The average molecular weight is 1060 g/mol. The van der Waals surface area contributed by atoms with Gasteiger partial charge in [-0.05, 0) is 128 Å². The maximum atomic E-state index is 11.8. The third kappa shape index (κ3) is 9.63. The van der Waals surface area contributed by atoms with Crippen LogP contribution in [-0.2, 0) is 42.7 Å². The number of phenolic OH excluding ortho intramolecular Hbond substituents is 1. The fourth-order valence-corrected chi connectivity index (χ4v) is 8.65. The molecule has 8 aromatic rings. The summed E-state index contributed by atoms with van der Waals surface area (Å²) in [7, 11) is 0. The van der Waals surface area contributed by atoms with Gasteiger partial charge in [-0.1, -0.05) is 167 Å². The molecule has 4 nitrogen and oxygen atoms in total. The van der Waals surface area contributed by atoms with Crippen molar-refractivity contribution in [3.63, 3.8) is 0 Å². The Kier molecular flexibility index (Phi) is 11.8. The Morgan fingerprint density at radius 1 is 0.545 bits per heavy atom. The van der Waals surface area contributed by atoms with Crippen LogP contribution in [0.4, 0.5) is 0 Å². The van der Waals surface area contributed by atoms with Crippen molar-refractivity contribution >= 4 is 11.0 Å². The maximum absolute atomic E-state index is 11.8. The fraction of sp³-hybridized carbons (Fsp3) is 0.311. The van der Waals surface area contributed by atoms with Gasteiger partial charge in [0.05, 0.1) is 22.3 Å². The normalized spacial score (nSPS) is 13.3. The van der Waals surface area contributed by atoms with E-state index in [4.69, 9.17) is 14.1 Å². The Hall–Kier alpha value is -5.57. The molecule has 342 valence electrons. The molecule has 0 spiro atoms. The molecule has 6 aromatic carbocycles. The number of aryl methyl sites for hydroxylation is 3. The van der Waals surface area contributed by atoms with Gasteiger partial charge < -0.3 is 5.11 Å². The maximum Gasteiger partial charge on any atom is 0.148 e. The zero-order valence-corrected chi connectivity index (χ0v) is 43.4. The van der Waals surface area contributed by atoms with E-state index in [0.717, 1.165) is 55.8 Å². The Morgan fingerprint density at radius 2 is 1.14 bits per heavy atom. The molecule has 0 saturated carbocycles. The third-order valence-electron chi connectivity index (χ3n) is 12.8. The monoisotopic (exact) mass is 1050 g/mol. The number of nitrogens with zero attached hydrogens (tertiary/aromatic N) is 3. The second-order valence-corrected chi connectivity index (χ2v) is 22.2. The van der Waals surface area contributed by atoms with Crippen LogP contribution in [0.3, 0.4) is 0 Å². The molecule has 5 heteroatoms. The SMILES string of the molecule is [2H]C([2H])([2H])c1cc(-c2cc(C(C)(C)C)cc(C(C)(C)C)c2)ccc1-n1c(-c2cc(C)cc(C)c2O)nc2c(-c3[c-]c(-c4cc(-c5ccc(C(C)(C)C)cc5)ccn4)cc(C(C)(C)C)c3)cccc21.[Pt]. The van der Waals surface area contributed by atoms with E-state index >= 15 is 0 Å². The van der Waals surface area contributed by atoms with E-state index in [-0.39, 0.29) is 54.0 Å². The largest absolute Gasteiger partial charge is 0.507 e.